The highest BCUT2D eigenvalue weighted by Crippen LogP contribution is 2.28. The molecule has 0 aromatic carbocycles. The number of thiocarbonyl (C=S) groups is 2. The van der Waals surface area contributed by atoms with E-state index in [1.54, 1.807) is 19.6 Å². The Balaban J connectivity index is 1.67. The molecule has 0 atom stereocenters. The molecule has 0 radical (unpaired) electrons. The first kappa shape index (κ1) is 31.3. The standard InChI is InChI=1S/C27H44N4O4S2/c1-7-28-16-22(36)30(24(28)34)18-26(3,4)14-12-20(32)10-9-11-21(33)13-15-27(5,6)19-31-23(37)17-29(8-2)25(31)35/h7-19H2,1-6H3. The number of nitrogens with zero attached hydrogens (tertiary/aromatic N) is 4. The van der Waals surface area contributed by atoms with Gasteiger partial charge in [-0.2, -0.15) is 0 Å². The molecule has 2 rings (SSSR count). The Hall–Kier alpha value is -1.94. The highest BCUT2D eigenvalue weighted by atomic mass is 32.1. The number of carbonyl (C=O) groups is 4. The molecule has 2 heterocycles. The summed E-state index contributed by atoms with van der Waals surface area (Å²) >= 11 is 10.8. The summed E-state index contributed by atoms with van der Waals surface area (Å²) in [6.07, 6.45) is 3.52. The van der Waals surface area contributed by atoms with Crippen LogP contribution in [0.5, 0.6) is 0 Å². The van der Waals surface area contributed by atoms with Crippen LogP contribution in [0.1, 0.15) is 86.5 Å². The number of ketones is 2. The van der Waals surface area contributed by atoms with Crippen LogP contribution in [0, 0.1) is 10.8 Å². The number of rotatable bonds is 16. The highest BCUT2D eigenvalue weighted by Gasteiger charge is 2.37. The molecule has 2 fully saturated rings. The van der Waals surface area contributed by atoms with Gasteiger partial charge in [-0.05, 0) is 43.9 Å². The van der Waals surface area contributed by atoms with Crippen molar-refractivity contribution in [3.05, 3.63) is 0 Å². The smallest absolute Gasteiger partial charge is 0.318 e. The van der Waals surface area contributed by atoms with E-state index in [0.717, 1.165) is 0 Å². The molecular weight excluding hydrogens is 508 g/mol. The largest absolute Gasteiger partial charge is 0.325 e. The van der Waals surface area contributed by atoms with Crippen LogP contribution in [-0.2, 0) is 9.59 Å². The Morgan fingerprint density at radius 1 is 0.703 bits per heavy atom. The van der Waals surface area contributed by atoms with Gasteiger partial charge in [0.15, 0.2) is 0 Å². The summed E-state index contributed by atoms with van der Waals surface area (Å²) in [5.41, 5.74) is -0.457. The van der Waals surface area contributed by atoms with E-state index in [-0.39, 0.29) is 34.5 Å². The lowest BCUT2D eigenvalue weighted by atomic mass is 9.85. The molecule has 2 saturated heterocycles. The lowest BCUT2D eigenvalue weighted by Gasteiger charge is -2.30. The third-order valence-electron chi connectivity index (χ3n) is 7.27. The fourth-order valence-electron chi connectivity index (χ4n) is 4.70. The average molecular weight is 553 g/mol. The summed E-state index contributed by atoms with van der Waals surface area (Å²) in [6.45, 7) is 15.4. The molecule has 0 saturated carbocycles. The lowest BCUT2D eigenvalue weighted by Crippen LogP contribution is -2.39. The van der Waals surface area contributed by atoms with Crippen LogP contribution in [0.25, 0.3) is 0 Å². The number of urea groups is 2. The Bertz CT molecular complexity index is 846. The quantitative estimate of drug-likeness (QED) is 0.249. The van der Waals surface area contributed by atoms with Crippen molar-refractivity contribution in [1.29, 1.82) is 0 Å². The molecule has 4 amide bonds. The summed E-state index contributed by atoms with van der Waals surface area (Å²) in [6, 6.07) is -0.0995. The minimum Gasteiger partial charge on any atom is -0.318 e. The maximum atomic E-state index is 12.5. The monoisotopic (exact) mass is 552 g/mol. The molecule has 0 aliphatic carbocycles. The molecule has 0 N–H and O–H groups in total. The van der Waals surface area contributed by atoms with E-state index in [2.05, 4.69) is 27.7 Å². The Labute approximate surface area is 233 Å². The molecule has 2 aliphatic heterocycles. The van der Waals surface area contributed by atoms with Gasteiger partial charge in [-0.3, -0.25) is 19.4 Å². The van der Waals surface area contributed by atoms with Gasteiger partial charge in [-0.15, -0.1) is 0 Å². The van der Waals surface area contributed by atoms with Crippen LogP contribution in [0.15, 0.2) is 0 Å². The predicted molar refractivity (Wildman–Crippen MR) is 154 cm³/mol. The van der Waals surface area contributed by atoms with Crippen molar-refractivity contribution in [2.75, 3.05) is 39.3 Å². The van der Waals surface area contributed by atoms with Crippen molar-refractivity contribution in [2.24, 2.45) is 10.8 Å². The molecule has 0 aromatic rings. The minimum absolute atomic E-state index is 0.0498. The van der Waals surface area contributed by atoms with Crippen molar-refractivity contribution < 1.29 is 19.2 Å². The van der Waals surface area contributed by atoms with E-state index >= 15 is 0 Å². The molecule has 0 aromatic heterocycles. The second-order valence-corrected chi connectivity index (χ2v) is 12.8. The fraction of sp³-hybridized carbons (Fsp3) is 0.778. The van der Waals surface area contributed by atoms with Crippen LogP contribution in [0.2, 0.25) is 0 Å². The van der Waals surface area contributed by atoms with E-state index in [4.69, 9.17) is 24.4 Å². The number of hydrogen-bond acceptors (Lipinski definition) is 6. The van der Waals surface area contributed by atoms with Gasteiger partial charge in [-0.25, -0.2) is 9.59 Å². The van der Waals surface area contributed by atoms with E-state index < -0.39 is 0 Å². The summed E-state index contributed by atoms with van der Waals surface area (Å²) in [5.74, 6) is 0.293. The van der Waals surface area contributed by atoms with Crippen molar-refractivity contribution in [2.45, 2.75) is 86.5 Å². The Kier molecular flexibility index (Phi) is 11.2. The molecule has 0 spiro atoms. The third kappa shape index (κ3) is 9.09. The third-order valence-corrected chi connectivity index (χ3v) is 7.96. The van der Waals surface area contributed by atoms with Gasteiger partial charge in [0.25, 0.3) is 0 Å². The normalized spacial score (nSPS) is 17.0. The number of hydrogen-bond donors (Lipinski definition) is 0. The first-order valence-corrected chi connectivity index (χ1v) is 14.2. The van der Waals surface area contributed by atoms with Crippen molar-refractivity contribution in [1.82, 2.24) is 19.6 Å². The summed E-state index contributed by atoms with van der Waals surface area (Å²) in [4.78, 5) is 58.0. The molecule has 2 aliphatic rings. The molecule has 0 bridgehead atoms. The summed E-state index contributed by atoms with van der Waals surface area (Å²) < 4.78 is 0. The Morgan fingerprint density at radius 3 is 1.35 bits per heavy atom. The van der Waals surface area contributed by atoms with Gasteiger partial charge in [0.1, 0.15) is 21.5 Å². The van der Waals surface area contributed by atoms with Crippen molar-refractivity contribution >= 4 is 58.0 Å². The van der Waals surface area contributed by atoms with Gasteiger partial charge < -0.3 is 9.80 Å². The van der Waals surface area contributed by atoms with Gasteiger partial charge in [0.2, 0.25) is 0 Å². The van der Waals surface area contributed by atoms with Crippen LogP contribution < -0.4 is 0 Å². The van der Waals surface area contributed by atoms with Gasteiger partial charge in [0, 0.05) is 51.9 Å². The number of likely N-dealkylation sites (N-methyl/N-ethyl adjacent to an activating group) is 2. The van der Waals surface area contributed by atoms with Gasteiger partial charge in [0.05, 0.1) is 13.1 Å². The van der Waals surface area contributed by atoms with Crippen LogP contribution in [0.3, 0.4) is 0 Å². The van der Waals surface area contributed by atoms with Crippen molar-refractivity contribution in [3.8, 4) is 0 Å². The zero-order valence-electron chi connectivity index (χ0n) is 23.4. The zero-order valence-corrected chi connectivity index (χ0v) is 25.1. The average Bonchev–Trinajstić information content (AvgIpc) is 3.25. The number of carbonyl (C=O) groups excluding carboxylic acids is 4. The first-order valence-electron chi connectivity index (χ1n) is 13.4. The molecule has 8 nitrogen and oxygen atoms in total. The van der Waals surface area contributed by atoms with E-state index in [0.29, 0.717) is 94.2 Å². The predicted octanol–water partition coefficient (Wildman–Crippen LogP) is 5.08. The molecule has 0 unspecified atom stereocenters. The molecule has 37 heavy (non-hydrogen) atoms. The van der Waals surface area contributed by atoms with E-state index in [1.165, 1.54) is 0 Å². The second kappa shape index (κ2) is 13.2. The fourth-order valence-corrected chi connectivity index (χ4v) is 5.29. The van der Waals surface area contributed by atoms with E-state index in [9.17, 15) is 19.2 Å². The van der Waals surface area contributed by atoms with Crippen molar-refractivity contribution in [3.63, 3.8) is 0 Å². The van der Waals surface area contributed by atoms with Gasteiger partial charge >= 0.3 is 12.1 Å². The van der Waals surface area contributed by atoms with Gasteiger partial charge in [-0.1, -0.05) is 52.1 Å². The van der Waals surface area contributed by atoms with Crippen LogP contribution >= 0.6 is 24.4 Å². The SMILES string of the molecule is CCN1CC(=S)N(CC(C)(C)CCC(=O)CCCC(=O)CCC(C)(C)CN2C(=O)N(CC)CC2=S)C1=O. The van der Waals surface area contributed by atoms with Crippen LogP contribution in [-0.4, -0.2) is 92.5 Å². The maximum absolute atomic E-state index is 12.5. The number of Topliss-reactive ketones (excluding diaryl/α,β-unsaturated/α-hetero) is 2. The maximum Gasteiger partial charge on any atom is 0.325 e. The molecular formula is C27H44N4O4S2. The summed E-state index contributed by atoms with van der Waals surface area (Å²) in [7, 11) is 0. The minimum atomic E-state index is -0.228. The Morgan fingerprint density at radius 2 is 1.05 bits per heavy atom. The highest BCUT2D eigenvalue weighted by molar-refractivity contribution is 7.80. The first-order chi connectivity index (χ1) is 17.2. The van der Waals surface area contributed by atoms with E-state index in [1.807, 2.05) is 13.8 Å². The number of amides is 4. The topological polar surface area (TPSA) is 81.2 Å². The second-order valence-electron chi connectivity index (χ2n) is 11.8. The molecule has 208 valence electrons. The zero-order chi connectivity index (χ0) is 28.0. The lowest BCUT2D eigenvalue weighted by molar-refractivity contribution is -0.121. The summed E-state index contributed by atoms with van der Waals surface area (Å²) in [5, 5.41) is 0. The molecule has 10 heteroatoms. The van der Waals surface area contributed by atoms with Crippen LogP contribution in [0.4, 0.5) is 9.59 Å².